The first kappa shape index (κ1) is 23.7. The number of hydrogen-bond donors (Lipinski definition) is 1. The Morgan fingerprint density at radius 2 is 1.19 bits per heavy atom. The van der Waals surface area contributed by atoms with Crippen LogP contribution in [0, 0.1) is 0 Å². The van der Waals surface area contributed by atoms with Crippen LogP contribution < -0.4 is 17.0 Å². The molecule has 130 valence electrons. The molecule has 0 aromatic carbocycles. The molecule has 0 radical (unpaired) electrons. The highest BCUT2D eigenvalue weighted by molar-refractivity contribution is 4.54. The maximum atomic E-state index is 9.41. The molecule has 0 aromatic rings. The molecule has 0 fully saturated rings. The monoisotopic (exact) mass is 365 g/mol. The Balaban J connectivity index is 0. The molecular formula is C18H40BrNO. The maximum absolute atomic E-state index is 9.41. The van der Waals surface area contributed by atoms with E-state index in [2.05, 4.69) is 27.9 Å². The van der Waals surface area contributed by atoms with Gasteiger partial charge in [0.15, 0.2) is 0 Å². The molecule has 0 heterocycles. The molecule has 0 saturated carbocycles. The summed E-state index contributed by atoms with van der Waals surface area (Å²) in [4.78, 5) is 0. The largest absolute Gasteiger partial charge is 1.00 e. The third kappa shape index (κ3) is 12.6. The van der Waals surface area contributed by atoms with Crippen molar-refractivity contribution in [3.05, 3.63) is 0 Å². The molecule has 1 N–H and O–H groups in total. The molecule has 0 aliphatic heterocycles. The van der Waals surface area contributed by atoms with Crippen LogP contribution in [0.15, 0.2) is 0 Å². The van der Waals surface area contributed by atoms with E-state index in [0.29, 0.717) is 12.6 Å². The van der Waals surface area contributed by atoms with E-state index < -0.39 is 0 Å². The van der Waals surface area contributed by atoms with Crippen molar-refractivity contribution in [1.82, 2.24) is 0 Å². The highest BCUT2D eigenvalue weighted by atomic mass is 79.9. The minimum Gasteiger partial charge on any atom is -1.00 e. The van der Waals surface area contributed by atoms with E-state index in [4.69, 9.17) is 0 Å². The van der Waals surface area contributed by atoms with Crippen molar-refractivity contribution >= 4 is 0 Å². The number of halogens is 1. The van der Waals surface area contributed by atoms with Gasteiger partial charge in [0, 0.05) is 0 Å². The average Bonchev–Trinajstić information content (AvgIpc) is 2.42. The molecule has 0 aromatic heterocycles. The van der Waals surface area contributed by atoms with Crippen LogP contribution in [0.3, 0.4) is 0 Å². The van der Waals surface area contributed by atoms with Gasteiger partial charge in [-0.3, -0.25) is 0 Å². The zero-order valence-corrected chi connectivity index (χ0v) is 16.6. The fourth-order valence-corrected chi connectivity index (χ4v) is 3.03. The van der Waals surface area contributed by atoms with Gasteiger partial charge in [-0.25, -0.2) is 0 Å². The SMILES string of the molecule is CCCCCCCCCCCC[N+](C)(C)C(CC)CO.[Br-]. The number of nitrogens with zero attached hydrogens (tertiary/aromatic N) is 1. The van der Waals surface area contributed by atoms with Gasteiger partial charge < -0.3 is 26.6 Å². The Kier molecular flexibility index (Phi) is 17.2. The summed E-state index contributed by atoms with van der Waals surface area (Å²) in [5, 5.41) is 9.41. The van der Waals surface area contributed by atoms with Gasteiger partial charge in [0.25, 0.3) is 0 Å². The lowest BCUT2D eigenvalue weighted by atomic mass is 10.1. The second-order valence-electron chi connectivity index (χ2n) is 6.93. The molecule has 0 aliphatic rings. The highest BCUT2D eigenvalue weighted by Gasteiger charge is 2.24. The van der Waals surface area contributed by atoms with Crippen LogP contribution in [0.2, 0.25) is 0 Å². The minimum absolute atomic E-state index is 0. The molecule has 3 heteroatoms. The van der Waals surface area contributed by atoms with Crippen molar-refractivity contribution in [3.63, 3.8) is 0 Å². The summed E-state index contributed by atoms with van der Waals surface area (Å²) >= 11 is 0. The standard InChI is InChI=1S/C18H40NO.BrH/c1-5-7-8-9-10-11-12-13-14-15-16-19(3,4)18(6-2)17-20;/h18,20H,5-17H2,1-4H3;1H/q+1;/p-1. The molecule has 0 amide bonds. The first-order valence-electron chi connectivity index (χ1n) is 9.02. The van der Waals surface area contributed by atoms with Crippen molar-refractivity contribution < 1.29 is 26.6 Å². The number of hydrogen-bond acceptors (Lipinski definition) is 1. The lowest BCUT2D eigenvalue weighted by molar-refractivity contribution is -0.915. The highest BCUT2D eigenvalue weighted by Crippen LogP contribution is 2.14. The first-order valence-corrected chi connectivity index (χ1v) is 9.02. The van der Waals surface area contributed by atoms with Crippen LogP contribution in [0.1, 0.15) is 84.5 Å². The smallest absolute Gasteiger partial charge is 0.112 e. The topological polar surface area (TPSA) is 20.2 Å². The Bertz CT molecular complexity index is 205. The van der Waals surface area contributed by atoms with Crippen LogP contribution in [-0.4, -0.2) is 42.9 Å². The molecule has 0 bridgehead atoms. The Morgan fingerprint density at radius 1 is 0.762 bits per heavy atom. The summed E-state index contributed by atoms with van der Waals surface area (Å²) in [5.74, 6) is 0. The second kappa shape index (κ2) is 15.3. The Labute approximate surface area is 144 Å². The van der Waals surface area contributed by atoms with E-state index in [1.165, 1.54) is 70.8 Å². The lowest BCUT2D eigenvalue weighted by Gasteiger charge is -2.36. The van der Waals surface area contributed by atoms with E-state index in [0.717, 1.165) is 10.9 Å². The normalized spacial score (nSPS) is 13.0. The summed E-state index contributed by atoms with van der Waals surface area (Å²) in [6.45, 7) is 5.98. The van der Waals surface area contributed by atoms with Gasteiger partial charge in [0.1, 0.15) is 6.04 Å². The third-order valence-corrected chi connectivity index (χ3v) is 4.76. The molecule has 1 atom stereocenters. The summed E-state index contributed by atoms with van der Waals surface area (Å²) in [6.07, 6.45) is 15.0. The molecular weight excluding hydrogens is 326 g/mol. The predicted molar refractivity (Wildman–Crippen MR) is 90.0 cm³/mol. The van der Waals surface area contributed by atoms with Crippen LogP contribution in [0.25, 0.3) is 0 Å². The van der Waals surface area contributed by atoms with Crippen molar-refractivity contribution in [2.45, 2.75) is 90.5 Å². The van der Waals surface area contributed by atoms with Gasteiger partial charge in [-0.15, -0.1) is 0 Å². The van der Waals surface area contributed by atoms with Gasteiger partial charge in [-0.2, -0.15) is 0 Å². The second-order valence-corrected chi connectivity index (χ2v) is 6.93. The lowest BCUT2D eigenvalue weighted by Crippen LogP contribution is -3.00. The van der Waals surface area contributed by atoms with E-state index in [-0.39, 0.29) is 17.0 Å². The number of aliphatic hydroxyl groups is 1. The van der Waals surface area contributed by atoms with E-state index in [1.54, 1.807) is 0 Å². The number of quaternary nitrogens is 1. The molecule has 0 rings (SSSR count). The van der Waals surface area contributed by atoms with Gasteiger partial charge in [0.05, 0.1) is 27.2 Å². The Morgan fingerprint density at radius 3 is 1.57 bits per heavy atom. The van der Waals surface area contributed by atoms with Crippen LogP contribution in [0.4, 0.5) is 0 Å². The molecule has 21 heavy (non-hydrogen) atoms. The van der Waals surface area contributed by atoms with E-state index >= 15 is 0 Å². The van der Waals surface area contributed by atoms with Gasteiger partial charge in [-0.05, 0) is 19.3 Å². The van der Waals surface area contributed by atoms with Crippen molar-refractivity contribution in [2.24, 2.45) is 0 Å². The zero-order valence-electron chi connectivity index (χ0n) is 15.0. The first-order chi connectivity index (χ1) is 9.58. The maximum Gasteiger partial charge on any atom is 0.112 e. The average molecular weight is 366 g/mol. The Hall–Kier alpha value is 0.400. The number of likely N-dealkylation sites (N-methyl/N-ethyl adjacent to an activating group) is 1. The van der Waals surface area contributed by atoms with Crippen molar-refractivity contribution in [1.29, 1.82) is 0 Å². The third-order valence-electron chi connectivity index (χ3n) is 4.76. The number of unbranched alkanes of at least 4 members (excludes halogenated alkanes) is 9. The number of rotatable bonds is 14. The predicted octanol–water partition coefficient (Wildman–Crippen LogP) is 1.76. The fraction of sp³-hybridized carbons (Fsp3) is 1.00. The summed E-state index contributed by atoms with van der Waals surface area (Å²) in [7, 11) is 4.52. The van der Waals surface area contributed by atoms with Crippen LogP contribution in [-0.2, 0) is 0 Å². The molecule has 2 nitrogen and oxygen atoms in total. The summed E-state index contributed by atoms with van der Waals surface area (Å²) in [5.41, 5.74) is 0. The van der Waals surface area contributed by atoms with Gasteiger partial charge >= 0.3 is 0 Å². The minimum atomic E-state index is 0. The van der Waals surface area contributed by atoms with Crippen LogP contribution in [0.5, 0.6) is 0 Å². The zero-order chi connectivity index (χ0) is 15.3. The van der Waals surface area contributed by atoms with Crippen LogP contribution >= 0.6 is 0 Å². The van der Waals surface area contributed by atoms with Gasteiger partial charge in [-0.1, -0.05) is 65.2 Å². The quantitative estimate of drug-likeness (QED) is 0.367. The molecule has 0 spiro atoms. The van der Waals surface area contributed by atoms with E-state index in [9.17, 15) is 5.11 Å². The molecule has 1 unspecified atom stereocenters. The van der Waals surface area contributed by atoms with Gasteiger partial charge in [0.2, 0.25) is 0 Å². The van der Waals surface area contributed by atoms with E-state index in [1.807, 2.05) is 0 Å². The fourth-order valence-electron chi connectivity index (χ4n) is 3.03. The number of aliphatic hydroxyl groups excluding tert-OH is 1. The summed E-state index contributed by atoms with van der Waals surface area (Å²) < 4.78 is 0.976. The molecule has 0 aliphatic carbocycles. The van der Waals surface area contributed by atoms with Crippen molar-refractivity contribution in [2.75, 3.05) is 27.2 Å². The molecule has 0 saturated heterocycles. The van der Waals surface area contributed by atoms with Crippen molar-refractivity contribution in [3.8, 4) is 0 Å². The summed E-state index contributed by atoms with van der Waals surface area (Å²) in [6, 6.07) is 0.411.